The number of ether oxygens (including phenoxy) is 1. The fraction of sp³-hybridized carbons (Fsp3) is 0.154. The summed E-state index contributed by atoms with van der Waals surface area (Å²) in [5.41, 5.74) is 5.73. The number of hydrazone groups is 1. The lowest BCUT2D eigenvalue weighted by Crippen LogP contribution is -2.21. The lowest BCUT2D eigenvalue weighted by atomic mass is 10.1. The van der Waals surface area contributed by atoms with Crippen molar-refractivity contribution in [2.45, 2.75) is 19.0 Å². The molecule has 4 rings (SSSR count). The molecule has 10 heteroatoms. The number of nitrogens with zero attached hydrogens (tertiary/aromatic N) is 4. The summed E-state index contributed by atoms with van der Waals surface area (Å²) in [6.45, 7) is 4.31. The maximum Gasteiger partial charge on any atom is 0.250 e. The van der Waals surface area contributed by atoms with Gasteiger partial charge in [-0.2, -0.15) is 5.10 Å². The van der Waals surface area contributed by atoms with Crippen LogP contribution in [0.15, 0.2) is 83.1 Å². The first-order valence-electron chi connectivity index (χ1n) is 11.1. The zero-order valence-electron chi connectivity index (χ0n) is 19.6. The Morgan fingerprint density at radius 3 is 2.47 bits per heavy atom. The lowest BCUT2D eigenvalue weighted by molar-refractivity contribution is -0.118. The molecule has 1 aromatic heterocycles. The smallest absolute Gasteiger partial charge is 0.250 e. The second kappa shape index (κ2) is 12.1. The molecule has 0 aliphatic heterocycles. The van der Waals surface area contributed by atoms with Crippen molar-refractivity contribution in [3.8, 4) is 22.8 Å². The molecule has 0 atom stereocenters. The van der Waals surface area contributed by atoms with E-state index in [4.69, 9.17) is 27.9 Å². The van der Waals surface area contributed by atoms with E-state index in [1.54, 1.807) is 25.1 Å². The molecule has 0 aliphatic rings. The van der Waals surface area contributed by atoms with Gasteiger partial charge in [-0.05, 0) is 55.8 Å². The molecule has 0 saturated heterocycles. The predicted octanol–water partition coefficient (Wildman–Crippen LogP) is 6.27. The van der Waals surface area contributed by atoms with Crippen LogP contribution in [0.5, 0.6) is 5.75 Å². The third kappa shape index (κ3) is 6.26. The van der Waals surface area contributed by atoms with Crippen molar-refractivity contribution in [1.82, 2.24) is 20.2 Å². The first kappa shape index (κ1) is 25.8. The molecule has 0 bridgehead atoms. The molecule has 4 aromatic rings. The number of aromatic nitrogens is 3. The van der Waals surface area contributed by atoms with Gasteiger partial charge < -0.3 is 4.74 Å². The molecule has 0 fully saturated rings. The van der Waals surface area contributed by atoms with Crippen LogP contribution in [0.3, 0.4) is 0 Å². The van der Waals surface area contributed by atoms with Gasteiger partial charge in [0.15, 0.2) is 11.0 Å². The molecule has 1 N–H and O–H groups in total. The number of benzene rings is 3. The molecule has 0 radical (unpaired) electrons. The Kier molecular flexibility index (Phi) is 8.64. The number of hydrogen-bond acceptors (Lipinski definition) is 6. The van der Waals surface area contributed by atoms with Gasteiger partial charge in [0.2, 0.25) is 0 Å². The maximum atomic E-state index is 12.6. The SMILES string of the molecule is CCOc1ccc(-n2c(SCC(=O)N/N=C(/C)c3ccc(Cl)c(Cl)c3)nnc2-c2ccccc2)cc1. The third-order valence-electron chi connectivity index (χ3n) is 5.09. The summed E-state index contributed by atoms with van der Waals surface area (Å²) in [5.74, 6) is 1.28. The van der Waals surface area contributed by atoms with Crippen molar-refractivity contribution in [3.63, 3.8) is 0 Å². The van der Waals surface area contributed by atoms with E-state index in [9.17, 15) is 4.79 Å². The molecular weight excluding hydrogens is 517 g/mol. The van der Waals surface area contributed by atoms with Crippen LogP contribution in [0.25, 0.3) is 17.1 Å². The summed E-state index contributed by atoms with van der Waals surface area (Å²) in [4.78, 5) is 12.6. The average molecular weight is 540 g/mol. The molecule has 3 aromatic carbocycles. The van der Waals surface area contributed by atoms with E-state index in [-0.39, 0.29) is 11.7 Å². The molecule has 0 saturated carbocycles. The number of hydrogen-bond donors (Lipinski definition) is 1. The minimum absolute atomic E-state index is 0.0993. The lowest BCUT2D eigenvalue weighted by Gasteiger charge is -2.11. The van der Waals surface area contributed by atoms with E-state index in [1.807, 2.05) is 66.1 Å². The molecule has 1 heterocycles. The molecule has 184 valence electrons. The van der Waals surface area contributed by atoms with Gasteiger partial charge in [0, 0.05) is 11.3 Å². The van der Waals surface area contributed by atoms with Crippen molar-refractivity contribution in [2.24, 2.45) is 5.10 Å². The highest BCUT2D eigenvalue weighted by Crippen LogP contribution is 2.29. The van der Waals surface area contributed by atoms with Crippen LogP contribution in [0.4, 0.5) is 0 Å². The number of thioether (sulfide) groups is 1. The van der Waals surface area contributed by atoms with Gasteiger partial charge in [0.05, 0.1) is 28.1 Å². The first-order valence-corrected chi connectivity index (χ1v) is 12.9. The number of halogens is 2. The average Bonchev–Trinajstić information content (AvgIpc) is 3.33. The Labute approximate surface area is 223 Å². The minimum Gasteiger partial charge on any atom is -0.494 e. The highest BCUT2D eigenvalue weighted by Gasteiger charge is 2.17. The van der Waals surface area contributed by atoms with E-state index in [0.29, 0.717) is 33.3 Å². The topological polar surface area (TPSA) is 81.4 Å². The summed E-state index contributed by atoms with van der Waals surface area (Å²) in [6, 6.07) is 22.6. The van der Waals surface area contributed by atoms with E-state index >= 15 is 0 Å². The summed E-state index contributed by atoms with van der Waals surface area (Å²) in [6.07, 6.45) is 0. The molecule has 7 nitrogen and oxygen atoms in total. The van der Waals surface area contributed by atoms with Gasteiger partial charge in [0.25, 0.3) is 5.91 Å². The predicted molar refractivity (Wildman–Crippen MR) is 146 cm³/mol. The van der Waals surface area contributed by atoms with E-state index in [1.165, 1.54) is 11.8 Å². The van der Waals surface area contributed by atoms with Crippen molar-refractivity contribution in [3.05, 3.63) is 88.4 Å². The second-order valence-electron chi connectivity index (χ2n) is 7.58. The van der Waals surface area contributed by atoms with Crippen molar-refractivity contribution < 1.29 is 9.53 Å². The number of carbonyl (C=O) groups is 1. The van der Waals surface area contributed by atoms with Gasteiger partial charge in [-0.3, -0.25) is 9.36 Å². The monoisotopic (exact) mass is 539 g/mol. The zero-order chi connectivity index (χ0) is 25.5. The largest absolute Gasteiger partial charge is 0.494 e. The third-order valence-corrected chi connectivity index (χ3v) is 6.76. The summed E-state index contributed by atoms with van der Waals surface area (Å²) in [5, 5.41) is 14.4. The van der Waals surface area contributed by atoms with Crippen LogP contribution in [0.1, 0.15) is 19.4 Å². The Morgan fingerprint density at radius 1 is 1.03 bits per heavy atom. The van der Waals surface area contributed by atoms with Crippen LogP contribution in [0, 0.1) is 0 Å². The maximum absolute atomic E-state index is 12.6. The second-order valence-corrected chi connectivity index (χ2v) is 9.34. The number of rotatable bonds is 9. The van der Waals surface area contributed by atoms with Gasteiger partial charge in [0.1, 0.15) is 5.75 Å². The summed E-state index contributed by atoms with van der Waals surface area (Å²) in [7, 11) is 0. The van der Waals surface area contributed by atoms with Crippen LogP contribution < -0.4 is 10.2 Å². The van der Waals surface area contributed by atoms with Gasteiger partial charge >= 0.3 is 0 Å². The molecule has 1 amide bonds. The Bertz CT molecular complexity index is 1380. The Hall–Kier alpha value is -3.33. The summed E-state index contributed by atoms with van der Waals surface area (Å²) >= 11 is 13.3. The van der Waals surface area contributed by atoms with Crippen molar-refractivity contribution in [2.75, 3.05) is 12.4 Å². The standard InChI is InChI=1S/C26H23Cl2N5O2S/c1-3-35-21-12-10-20(11-13-21)33-25(18-7-5-4-6-8-18)31-32-26(33)36-16-24(34)30-29-17(2)19-9-14-22(27)23(28)15-19/h4-15H,3,16H2,1-2H3,(H,30,34)/b29-17-. The van der Waals surface area contributed by atoms with Crippen LogP contribution in [0.2, 0.25) is 10.0 Å². The fourth-order valence-electron chi connectivity index (χ4n) is 3.32. The van der Waals surface area contributed by atoms with Crippen molar-refractivity contribution >= 4 is 46.6 Å². The summed E-state index contributed by atoms with van der Waals surface area (Å²) < 4.78 is 7.49. The molecule has 0 spiro atoms. The van der Waals surface area contributed by atoms with Gasteiger partial charge in [-0.15, -0.1) is 10.2 Å². The van der Waals surface area contributed by atoms with E-state index < -0.39 is 0 Å². The van der Waals surface area contributed by atoms with E-state index in [0.717, 1.165) is 22.6 Å². The number of nitrogens with one attached hydrogen (secondary N) is 1. The minimum atomic E-state index is -0.276. The zero-order valence-corrected chi connectivity index (χ0v) is 21.9. The molecular formula is C26H23Cl2N5O2S. The fourth-order valence-corrected chi connectivity index (χ4v) is 4.37. The molecule has 36 heavy (non-hydrogen) atoms. The van der Waals surface area contributed by atoms with E-state index in [2.05, 4.69) is 20.7 Å². The van der Waals surface area contributed by atoms with Crippen molar-refractivity contribution in [1.29, 1.82) is 0 Å². The highest BCUT2D eigenvalue weighted by atomic mass is 35.5. The van der Waals surface area contributed by atoms with Crippen LogP contribution >= 0.6 is 35.0 Å². The Balaban J connectivity index is 1.52. The Morgan fingerprint density at radius 2 is 1.78 bits per heavy atom. The quantitative estimate of drug-likeness (QED) is 0.154. The molecule has 0 unspecified atom stereocenters. The molecule has 0 aliphatic carbocycles. The van der Waals surface area contributed by atoms with Crippen LogP contribution in [-0.4, -0.2) is 38.7 Å². The first-order chi connectivity index (χ1) is 17.5. The van der Waals surface area contributed by atoms with Gasteiger partial charge in [-0.1, -0.05) is 71.4 Å². The number of amides is 1. The van der Waals surface area contributed by atoms with Crippen LogP contribution in [-0.2, 0) is 4.79 Å². The van der Waals surface area contributed by atoms with Gasteiger partial charge in [-0.25, -0.2) is 5.43 Å². The normalized spacial score (nSPS) is 11.4. The highest BCUT2D eigenvalue weighted by molar-refractivity contribution is 7.99. The number of carbonyl (C=O) groups excluding carboxylic acids is 1.